The second-order valence-electron chi connectivity index (χ2n) is 4.53. The zero-order chi connectivity index (χ0) is 16.6. The normalized spacial score (nSPS) is 11.0. The number of benzene rings is 1. The van der Waals surface area contributed by atoms with Crippen LogP contribution in [0.15, 0.2) is 29.2 Å². The van der Waals surface area contributed by atoms with Crippen LogP contribution in [0.25, 0.3) is 0 Å². The van der Waals surface area contributed by atoms with Crippen molar-refractivity contribution >= 4 is 33.4 Å². The van der Waals surface area contributed by atoms with Gasteiger partial charge in [0, 0.05) is 24.5 Å². The van der Waals surface area contributed by atoms with Crippen molar-refractivity contribution in [3.8, 4) is 0 Å². The Bertz CT molecular complexity index is 617. The minimum Gasteiger partial charge on any atom is -0.370 e. The van der Waals surface area contributed by atoms with E-state index < -0.39 is 21.8 Å². The molecule has 0 atom stereocenters. The summed E-state index contributed by atoms with van der Waals surface area (Å²) in [6.07, 6.45) is 0.622. The van der Waals surface area contributed by atoms with Gasteiger partial charge in [-0.1, -0.05) is 11.6 Å². The highest BCUT2D eigenvalue weighted by atomic mass is 35.5. The minimum absolute atomic E-state index is 0.0212. The number of halogens is 1. The molecule has 1 aromatic rings. The molecule has 0 spiro atoms. The van der Waals surface area contributed by atoms with Gasteiger partial charge < -0.3 is 16.4 Å². The highest BCUT2D eigenvalue weighted by molar-refractivity contribution is 7.91. The molecule has 7 nitrogen and oxygen atoms in total. The summed E-state index contributed by atoms with van der Waals surface area (Å²) in [5, 5.41) is 5.39. The van der Waals surface area contributed by atoms with Crippen molar-refractivity contribution in [2.24, 2.45) is 5.73 Å². The van der Waals surface area contributed by atoms with Crippen molar-refractivity contribution in [3.05, 3.63) is 29.3 Å². The maximum Gasteiger partial charge on any atom is 0.314 e. The van der Waals surface area contributed by atoms with Gasteiger partial charge in [-0.15, -0.1) is 0 Å². The smallest absolute Gasteiger partial charge is 0.314 e. The van der Waals surface area contributed by atoms with E-state index in [1.807, 2.05) is 0 Å². The van der Waals surface area contributed by atoms with Gasteiger partial charge in [-0.3, -0.25) is 4.79 Å². The zero-order valence-electron chi connectivity index (χ0n) is 11.8. The fourth-order valence-corrected chi connectivity index (χ4v) is 2.87. The Hall–Kier alpha value is -1.80. The third-order valence-corrected chi connectivity index (χ3v) is 4.70. The van der Waals surface area contributed by atoms with Crippen LogP contribution in [0.5, 0.6) is 0 Å². The second-order valence-corrected chi connectivity index (χ2v) is 7.07. The van der Waals surface area contributed by atoms with E-state index in [1.165, 1.54) is 24.3 Å². The van der Waals surface area contributed by atoms with Gasteiger partial charge in [0.05, 0.1) is 10.6 Å². The minimum atomic E-state index is -3.47. The topological polar surface area (TPSA) is 118 Å². The highest BCUT2D eigenvalue weighted by Gasteiger charge is 2.14. The van der Waals surface area contributed by atoms with Crippen LogP contribution < -0.4 is 16.4 Å². The Balaban J connectivity index is 2.32. The number of hydrogen-bond acceptors (Lipinski definition) is 4. The molecular formula is C13H18ClN3O4S. The standard InChI is InChI=1S/C13H18ClN3O4S/c14-10-3-5-11(6-4-10)22(20,21)9-8-17-13(19)16-7-1-2-12(15)18/h3-6H,1-2,7-9H2,(H2,15,18)(H2,16,17,19). The molecular weight excluding hydrogens is 330 g/mol. The number of rotatable bonds is 8. The van der Waals surface area contributed by atoms with E-state index in [-0.39, 0.29) is 23.6 Å². The molecule has 0 saturated heterocycles. The van der Waals surface area contributed by atoms with E-state index in [9.17, 15) is 18.0 Å². The third kappa shape index (κ3) is 6.77. The summed E-state index contributed by atoms with van der Waals surface area (Å²) in [5.41, 5.74) is 4.96. The van der Waals surface area contributed by atoms with E-state index >= 15 is 0 Å². The molecule has 22 heavy (non-hydrogen) atoms. The van der Waals surface area contributed by atoms with Crippen LogP contribution in [0.4, 0.5) is 4.79 Å². The number of urea groups is 1. The summed E-state index contributed by atoms with van der Waals surface area (Å²) in [7, 11) is -3.47. The molecule has 1 aromatic carbocycles. The quantitative estimate of drug-likeness (QED) is 0.599. The maximum absolute atomic E-state index is 12.0. The van der Waals surface area contributed by atoms with E-state index in [4.69, 9.17) is 17.3 Å². The number of nitrogens with one attached hydrogen (secondary N) is 2. The van der Waals surface area contributed by atoms with Crippen LogP contribution in [0.1, 0.15) is 12.8 Å². The number of primary amides is 1. The van der Waals surface area contributed by atoms with Crippen LogP contribution in [0.2, 0.25) is 5.02 Å². The Kier molecular flexibility index (Phi) is 7.13. The van der Waals surface area contributed by atoms with E-state index in [1.54, 1.807) is 0 Å². The molecule has 9 heteroatoms. The molecule has 4 N–H and O–H groups in total. The second kappa shape index (κ2) is 8.60. The summed E-state index contributed by atoms with van der Waals surface area (Å²) in [4.78, 5) is 22.1. The molecule has 1 rings (SSSR count). The van der Waals surface area contributed by atoms with E-state index in [0.717, 1.165) is 0 Å². The lowest BCUT2D eigenvalue weighted by atomic mass is 10.3. The fraction of sp³-hybridized carbons (Fsp3) is 0.385. The number of hydrogen-bond donors (Lipinski definition) is 3. The number of carbonyl (C=O) groups excluding carboxylic acids is 2. The van der Waals surface area contributed by atoms with Crippen LogP contribution in [0, 0.1) is 0 Å². The Labute approximate surface area is 134 Å². The molecule has 0 radical (unpaired) electrons. The van der Waals surface area contributed by atoms with Gasteiger partial charge in [0.2, 0.25) is 5.91 Å². The SMILES string of the molecule is NC(=O)CCCNC(=O)NCCS(=O)(=O)c1ccc(Cl)cc1. The molecule has 0 aliphatic carbocycles. The van der Waals surface area contributed by atoms with Crippen LogP contribution in [-0.2, 0) is 14.6 Å². The number of nitrogens with two attached hydrogens (primary N) is 1. The highest BCUT2D eigenvalue weighted by Crippen LogP contribution is 2.14. The summed E-state index contributed by atoms with van der Waals surface area (Å²) >= 11 is 5.70. The first-order chi connectivity index (χ1) is 10.3. The number of sulfone groups is 1. The monoisotopic (exact) mass is 347 g/mol. The first kappa shape index (κ1) is 18.2. The predicted molar refractivity (Wildman–Crippen MR) is 83.3 cm³/mol. The Morgan fingerprint density at radius 2 is 1.68 bits per heavy atom. The van der Waals surface area contributed by atoms with Gasteiger partial charge in [-0.2, -0.15) is 0 Å². The van der Waals surface area contributed by atoms with E-state index in [0.29, 0.717) is 18.0 Å². The average molecular weight is 348 g/mol. The zero-order valence-corrected chi connectivity index (χ0v) is 13.4. The van der Waals surface area contributed by atoms with Crippen LogP contribution in [0.3, 0.4) is 0 Å². The molecule has 0 heterocycles. The summed E-state index contributed by atoms with van der Waals surface area (Å²) in [6.45, 7) is 0.269. The molecule has 0 aliphatic rings. The molecule has 0 fully saturated rings. The first-order valence-electron chi connectivity index (χ1n) is 6.59. The Morgan fingerprint density at radius 1 is 1.09 bits per heavy atom. The molecule has 3 amide bonds. The number of amides is 3. The van der Waals surface area contributed by atoms with Crippen molar-refractivity contribution in [2.45, 2.75) is 17.7 Å². The lowest BCUT2D eigenvalue weighted by molar-refractivity contribution is -0.118. The van der Waals surface area contributed by atoms with Gasteiger partial charge in [-0.25, -0.2) is 13.2 Å². The van der Waals surface area contributed by atoms with Crippen molar-refractivity contribution < 1.29 is 18.0 Å². The van der Waals surface area contributed by atoms with Crippen molar-refractivity contribution in [2.75, 3.05) is 18.8 Å². The largest absolute Gasteiger partial charge is 0.370 e. The lowest BCUT2D eigenvalue weighted by Crippen LogP contribution is -2.38. The van der Waals surface area contributed by atoms with E-state index in [2.05, 4.69) is 10.6 Å². The third-order valence-electron chi connectivity index (χ3n) is 2.71. The summed E-state index contributed by atoms with van der Waals surface area (Å²) < 4.78 is 24.0. The molecule has 0 aliphatic heterocycles. The molecule has 122 valence electrons. The molecule has 0 unspecified atom stereocenters. The van der Waals surface area contributed by atoms with Gasteiger partial charge in [0.1, 0.15) is 0 Å². The average Bonchev–Trinajstić information content (AvgIpc) is 2.43. The summed E-state index contributed by atoms with van der Waals surface area (Å²) in [6, 6.07) is 5.33. The van der Waals surface area contributed by atoms with Crippen molar-refractivity contribution in [1.29, 1.82) is 0 Å². The van der Waals surface area contributed by atoms with Crippen LogP contribution >= 0.6 is 11.6 Å². The predicted octanol–water partition coefficient (Wildman–Crippen LogP) is 0.678. The van der Waals surface area contributed by atoms with Gasteiger partial charge in [0.25, 0.3) is 0 Å². The molecule has 0 bridgehead atoms. The Morgan fingerprint density at radius 3 is 2.27 bits per heavy atom. The maximum atomic E-state index is 12.0. The van der Waals surface area contributed by atoms with Crippen molar-refractivity contribution in [3.63, 3.8) is 0 Å². The lowest BCUT2D eigenvalue weighted by Gasteiger charge is -2.08. The van der Waals surface area contributed by atoms with Gasteiger partial charge >= 0.3 is 6.03 Å². The fourth-order valence-electron chi connectivity index (χ4n) is 1.59. The number of carbonyl (C=O) groups is 2. The van der Waals surface area contributed by atoms with Gasteiger partial charge in [0.15, 0.2) is 9.84 Å². The van der Waals surface area contributed by atoms with Crippen LogP contribution in [-0.4, -0.2) is 39.2 Å². The van der Waals surface area contributed by atoms with Crippen molar-refractivity contribution in [1.82, 2.24) is 10.6 Å². The molecule has 0 saturated carbocycles. The van der Waals surface area contributed by atoms with Gasteiger partial charge in [-0.05, 0) is 30.7 Å². The first-order valence-corrected chi connectivity index (χ1v) is 8.62. The molecule has 0 aromatic heterocycles. The summed E-state index contributed by atoms with van der Waals surface area (Å²) in [5.74, 6) is -0.653.